The van der Waals surface area contributed by atoms with Crippen LogP contribution in [0.1, 0.15) is 0 Å². The average molecular weight is 290 g/mol. The fraction of sp³-hybridized carbons (Fsp3) is 0. The van der Waals surface area contributed by atoms with Gasteiger partial charge in [-0.1, -0.05) is 29.3 Å². The number of carbonyl (C=O) groups is 1. The van der Waals surface area contributed by atoms with Gasteiger partial charge in [-0.25, -0.2) is 9.78 Å². The molecule has 0 spiro atoms. The lowest BCUT2D eigenvalue weighted by Crippen LogP contribution is -2.03. The number of aromatic nitrogens is 1. The monoisotopic (exact) mass is 289 g/mol. The first-order valence-corrected chi connectivity index (χ1v) is 6.01. The van der Waals surface area contributed by atoms with Crippen molar-refractivity contribution in [2.24, 2.45) is 0 Å². The van der Waals surface area contributed by atoms with E-state index in [4.69, 9.17) is 28.3 Å². The zero-order valence-electron chi connectivity index (χ0n) is 8.18. The van der Waals surface area contributed by atoms with Crippen LogP contribution in [0.3, 0.4) is 0 Å². The van der Waals surface area contributed by atoms with E-state index in [0.717, 1.165) is 0 Å². The molecule has 0 unspecified atom stereocenters. The standard InChI is InChI=1S/C10H5Cl2NO3S/c11-5-1-2-6(7(12)3-5)8-9(13-4-17-8)16-10(14)15/h1-4H,(H,14,15). The zero-order valence-corrected chi connectivity index (χ0v) is 10.5. The molecule has 0 aliphatic carbocycles. The maximum absolute atomic E-state index is 10.5. The Morgan fingerprint density at radius 3 is 2.82 bits per heavy atom. The SMILES string of the molecule is O=C(O)Oc1ncsc1-c1ccc(Cl)cc1Cl. The van der Waals surface area contributed by atoms with Crippen LogP contribution in [-0.2, 0) is 0 Å². The van der Waals surface area contributed by atoms with Crippen LogP contribution in [0.4, 0.5) is 4.79 Å². The molecule has 0 radical (unpaired) electrons. The Hall–Kier alpha value is -1.30. The third kappa shape index (κ3) is 2.69. The van der Waals surface area contributed by atoms with Gasteiger partial charge < -0.3 is 9.84 Å². The number of ether oxygens (including phenoxy) is 1. The Kier molecular flexibility index (Phi) is 3.51. The van der Waals surface area contributed by atoms with Gasteiger partial charge in [-0.05, 0) is 12.1 Å². The molecule has 0 saturated heterocycles. The molecule has 17 heavy (non-hydrogen) atoms. The molecule has 1 aromatic heterocycles. The Morgan fingerprint density at radius 1 is 1.41 bits per heavy atom. The van der Waals surface area contributed by atoms with Gasteiger partial charge in [0.25, 0.3) is 0 Å². The molecule has 4 nitrogen and oxygen atoms in total. The van der Waals surface area contributed by atoms with Crippen LogP contribution in [0.15, 0.2) is 23.7 Å². The molecule has 0 saturated carbocycles. The first-order valence-electron chi connectivity index (χ1n) is 4.37. The molecule has 1 aromatic carbocycles. The highest BCUT2D eigenvalue weighted by atomic mass is 35.5. The van der Waals surface area contributed by atoms with E-state index in [9.17, 15) is 4.79 Å². The Bertz CT molecular complexity index is 570. The molecule has 0 aliphatic rings. The number of halogens is 2. The van der Waals surface area contributed by atoms with Gasteiger partial charge in [0, 0.05) is 10.6 Å². The highest BCUT2D eigenvalue weighted by Gasteiger charge is 2.15. The fourth-order valence-corrected chi connectivity index (χ4v) is 2.56. The molecule has 0 aliphatic heterocycles. The maximum atomic E-state index is 10.5. The highest BCUT2D eigenvalue weighted by Crippen LogP contribution is 2.38. The molecule has 0 amide bonds. The van der Waals surface area contributed by atoms with Crippen LogP contribution >= 0.6 is 34.5 Å². The summed E-state index contributed by atoms with van der Waals surface area (Å²) in [4.78, 5) is 14.8. The number of nitrogens with zero attached hydrogens (tertiary/aromatic N) is 1. The van der Waals surface area contributed by atoms with Crippen molar-refractivity contribution in [1.82, 2.24) is 4.98 Å². The molecule has 2 aromatic rings. The molecule has 0 bridgehead atoms. The minimum Gasteiger partial charge on any atom is -0.449 e. The second kappa shape index (κ2) is 4.91. The van der Waals surface area contributed by atoms with Crippen molar-refractivity contribution < 1.29 is 14.6 Å². The largest absolute Gasteiger partial charge is 0.512 e. The van der Waals surface area contributed by atoms with Gasteiger partial charge in [0.05, 0.1) is 10.5 Å². The van der Waals surface area contributed by atoms with Crippen molar-refractivity contribution in [1.29, 1.82) is 0 Å². The summed E-state index contributed by atoms with van der Waals surface area (Å²) in [7, 11) is 0. The van der Waals surface area contributed by atoms with Crippen LogP contribution < -0.4 is 4.74 Å². The summed E-state index contributed by atoms with van der Waals surface area (Å²) in [5, 5.41) is 9.48. The molecule has 0 atom stereocenters. The van der Waals surface area contributed by atoms with E-state index in [1.165, 1.54) is 16.8 Å². The first-order chi connectivity index (χ1) is 8.08. The first kappa shape index (κ1) is 12.2. The molecule has 1 heterocycles. The number of hydrogen-bond donors (Lipinski definition) is 1. The third-order valence-corrected chi connectivity index (χ3v) is 3.28. The third-order valence-electron chi connectivity index (χ3n) is 1.89. The van der Waals surface area contributed by atoms with Crippen molar-refractivity contribution in [3.05, 3.63) is 33.8 Å². The molecule has 7 heteroatoms. The van der Waals surface area contributed by atoms with E-state index in [-0.39, 0.29) is 5.88 Å². The molecular formula is C10H5Cl2NO3S. The summed E-state index contributed by atoms with van der Waals surface area (Å²) in [6, 6.07) is 4.92. The predicted octanol–water partition coefficient (Wildman–Crippen LogP) is 4.17. The van der Waals surface area contributed by atoms with E-state index < -0.39 is 6.16 Å². The summed E-state index contributed by atoms with van der Waals surface area (Å²) in [6.45, 7) is 0. The van der Waals surface area contributed by atoms with Crippen LogP contribution in [-0.4, -0.2) is 16.2 Å². The summed E-state index contributed by atoms with van der Waals surface area (Å²) in [6.07, 6.45) is -1.41. The van der Waals surface area contributed by atoms with E-state index >= 15 is 0 Å². The van der Waals surface area contributed by atoms with Gasteiger partial charge in [0.2, 0.25) is 5.88 Å². The molecule has 1 N–H and O–H groups in total. The maximum Gasteiger partial charge on any atom is 0.512 e. The molecule has 2 rings (SSSR count). The minimum atomic E-state index is -1.41. The summed E-state index contributed by atoms with van der Waals surface area (Å²) in [5.41, 5.74) is 2.12. The van der Waals surface area contributed by atoms with Gasteiger partial charge in [0.1, 0.15) is 4.88 Å². The molecule has 0 fully saturated rings. The normalized spacial score (nSPS) is 10.2. The lowest BCUT2D eigenvalue weighted by Gasteiger charge is -2.03. The van der Waals surface area contributed by atoms with Crippen LogP contribution in [0, 0.1) is 0 Å². The molecular weight excluding hydrogens is 285 g/mol. The quantitative estimate of drug-likeness (QED) is 0.843. The lowest BCUT2D eigenvalue weighted by molar-refractivity contribution is 0.143. The summed E-state index contributed by atoms with van der Waals surface area (Å²) >= 11 is 13.0. The predicted molar refractivity (Wildman–Crippen MR) is 66.2 cm³/mol. The van der Waals surface area contributed by atoms with Crippen LogP contribution in [0.5, 0.6) is 5.88 Å². The number of carboxylic acid groups (broad SMARTS) is 1. The topological polar surface area (TPSA) is 59.4 Å². The number of hydrogen-bond acceptors (Lipinski definition) is 4. The number of rotatable bonds is 2. The van der Waals surface area contributed by atoms with Crippen LogP contribution in [0.25, 0.3) is 10.4 Å². The van der Waals surface area contributed by atoms with E-state index in [0.29, 0.717) is 20.5 Å². The van der Waals surface area contributed by atoms with Gasteiger partial charge >= 0.3 is 6.16 Å². The Morgan fingerprint density at radius 2 is 2.18 bits per heavy atom. The summed E-state index contributed by atoms with van der Waals surface area (Å²) < 4.78 is 4.55. The van der Waals surface area contributed by atoms with E-state index in [1.54, 1.807) is 18.2 Å². The minimum absolute atomic E-state index is 0.0201. The van der Waals surface area contributed by atoms with Gasteiger partial charge in [0.15, 0.2) is 0 Å². The molecule has 88 valence electrons. The highest BCUT2D eigenvalue weighted by molar-refractivity contribution is 7.13. The van der Waals surface area contributed by atoms with Crippen molar-refractivity contribution in [2.45, 2.75) is 0 Å². The Labute approximate surface area is 110 Å². The average Bonchev–Trinajstić information content (AvgIpc) is 2.65. The lowest BCUT2D eigenvalue weighted by atomic mass is 10.2. The fourth-order valence-electron chi connectivity index (χ4n) is 1.24. The second-order valence-electron chi connectivity index (χ2n) is 2.98. The van der Waals surface area contributed by atoms with Gasteiger partial charge in [-0.3, -0.25) is 0 Å². The van der Waals surface area contributed by atoms with Crippen molar-refractivity contribution in [3.63, 3.8) is 0 Å². The number of benzene rings is 1. The summed E-state index contributed by atoms with van der Waals surface area (Å²) in [5.74, 6) is 0.0201. The van der Waals surface area contributed by atoms with E-state index in [2.05, 4.69) is 9.72 Å². The van der Waals surface area contributed by atoms with Gasteiger partial charge in [-0.2, -0.15) is 0 Å². The number of thiazole rings is 1. The second-order valence-corrected chi connectivity index (χ2v) is 4.68. The van der Waals surface area contributed by atoms with E-state index in [1.807, 2.05) is 0 Å². The van der Waals surface area contributed by atoms with Crippen molar-refractivity contribution in [3.8, 4) is 16.3 Å². The smallest absolute Gasteiger partial charge is 0.449 e. The Balaban J connectivity index is 2.46. The van der Waals surface area contributed by atoms with Crippen molar-refractivity contribution in [2.75, 3.05) is 0 Å². The van der Waals surface area contributed by atoms with Gasteiger partial charge in [-0.15, -0.1) is 11.3 Å². The van der Waals surface area contributed by atoms with Crippen LogP contribution in [0.2, 0.25) is 10.0 Å². The van der Waals surface area contributed by atoms with Crippen molar-refractivity contribution >= 4 is 40.7 Å². The zero-order chi connectivity index (χ0) is 12.4.